The highest BCUT2D eigenvalue weighted by Gasteiger charge is 2.42. The van der Waals surface area contributed by atoms with Gasteiger partial charge >= 0.3 is 0 Å². The lowest BCUT2D eigenvalue weighted by molar-refractivity contribution is -0.133. The summed E-state index contributed by atoms with van der Waals surface area (Å²) in [5, 5.41) is 20.7. The monoisotopic (exact) mass is 680 g/mol. The molecule has 2 aliphatic rings. The van der Waals surface area contributed by atoms with Crippen LogP contribution in [-0.4, -0.2) is 81.5 Å². The SMILES string of the molecule is [2H]c1c[13c]2[13cH][13c]([2H])[13cH][13c]([2H])[13c]2[15n]c1C(=O)N[C@@H](CC(N)=O)C(=O)N[C@@H](Cc1ccccc1)[C@H](O)CN1C[C@H]2CCCC[C@H]2C[C@H]1C(=O)NC(C)(C)C. The number of hydrogen-bond acceptors (Lipinski definition) is 7. The topological polar surface area (TPSA) is 167 Å². The summed E-state index contributed by atoms with van der Waals surface area (Å²) in [7, 11) is 0. The molecule has 5 rings (SSSR count). The predicted molar refractivity (Wildman–Crippen MR) is 188 cm³/mol. The first kappa shape index (κ1) is 31.9. The number of nitrogens with two attached hydrogens (primary N) is 1. The van der Waals surface area contributed by atoms with Crippen LogP contribution in [0.25, 0.3) is 10.9 Å². The molecule has 1 saturated carbocycles. The van der Waals surface area contributed by atoms with Crippen molar-refractivity contribution in [2.45, 2.75) is 95.5 Å². The maximum absolute atomic E-state index is 13.9. The van der Waals surface area contributed by atoms with Crippen LogP contribution in [0.15, 0.2) is 66.7 Å². The van der Waals surface area contributed by atoms with Crippen LogP contribution in [0.4, 0.5) is 0 Å². The van der Waals surface area contributed by atoms with E-state index in [4.69, 9.17) is 9.85 Å². The number of aliphatic hydroxyl groups is 1. The highest BCUT2D eigenvalue weighted by atomic mass is 16.3. The number of carbonyl (C=O) groups excluding carboxylic acids is 4. The molecule has 1 aromatic heterocycles. The van der Waals surface area contributed by atoms with Gasteiger partial charge in [-0.3, -0.25) is 24.1 Å². The van der Waals surface area contributed by atoms with Crippen molar-refractivity contribution in [2.24, 2.45) is 17.6 Å². The first-order chi connectivity index (χ1) is 24.6. The van der Waals surface area contributed by atoms with Gasteiger partial charge < -0.3 is 26.8 Å². The summed E-state index contributed by atoms with van der Waals surface area (Å²) in [4.78, 5) is 59.4. The van der Waals surface area contributed by atoms with Crippen molar-refractivity contribution >= 4 is 34.5 Å². The summed E-state index contributed by atoms with van der Waals surface area (Å²) in [5.41, 5.74) is 5.63. The summed E-state index contributed by atoms with van der Waals surface area (Å²) in [6.45, 7) is 6.56. The summed E-state index contributed by atoms with van der Waals surface area (Å²) in [5.74, 6) is -1.82. The number of nitrogens with one attached hydrogen (secondary N) is 3. The maximum atomic E-state index is 13.9. The number of primary amides is 1. The fraction of sp³-hybridized carbons (Fsp3) is 0.500. The van der Waals surface area contributed by atoms with Crippen LogP contribution in [0, 0.1) is 11.8 Å². The number of piperidine rings is 1. The lowest BCUT2D eigenvalue weighted by atomic mass is 9.72. The quantitative estimate of drug-likeness (QED) is 0.196. The first-order valence-corrected chi connectivity index (χ1v) is 17.1. The summed E-state index contributed by atoms with van der Waals surface area (Å²) >= 11 is 0. The van der Waals surface area contributed by atoms with Crippen LogP contribution in [0.2, 0.25) is 0 Å². The Labute approximate surface area is 292 Å². The Kier molecular flexibility index (Phi) is 10.4. The number of carbonyl (C=O) groups is 4. The zero-order chi connectivity index (χ0) is 37.7. The van der Waals surface area contributed by atoms with Gasteiger partial charge in [0.2, 0.25) is 17.7 Å². The molecule has 4 amide bonds. The zero-order valence-corrected chi connectivity index (χ0v) is 28.5. The highest BCUT2D eigenvalue weighted by Crippen LogP contribution is 2.39. The van der Waals surface area contributed by atoms with E-state index in [1.807, 2.05) is 56.0 Å². The number of fused-ring (bicyclic) bond motifs is 2. The van der Waals surface area contributed by atoms with Gasteiger partial charge in [0.15, 0.2) is 0 Å². The van der Waals surface area contributed by atoms with Crippen LogP contribution >= 0.6 is 0 Å². The summed E-state index contributed by atoms with van der Waals surface area (Å²) in [6, 6.07) is 10.1. The molecular weight excluding hydrogens is 627 g/mol. The molecule has 2 fully saturated rings. The number of aliphatic hydroxyl groups excluding tert-OH is 1. The van der Waals surface area contributed by atoms with Crippen molar-refractivity contribution in [3.05, 3.63) is 77.9 Å². The fourth-order valence-corrected chi connectivity index (χ4v) is 7.07. The number of hydrogen-bond donors (Lipinski definition) is 5. The fourth-order valence-electron chi connectivity index (χ4n) is 7.07. The average Bonchev–Trinajstić information content (AvgIpc) is 3.06. The molecule has 2 heterocycles. The molecular formula is C38H50N6O5. The molecule has 2 aromatic carbocycles. The second-order valence-corrected chi connectivity index (χ2v) is 14.5. The number of likely N-dealkylation sites (tertiary alicyclic amines) is 1. The lowest BCUT2D eigenvalue weighted by Crippen LogP contribution is -2.61. The van der Waals surface area contributed by atoms with Gasteiger partial charge in [0.25, 0.3) is 5.91 Å². The van der Waals surface area contributed by atoms with Gasteiger partial charge in [-0.25, -0.2) is 4.98 Å². The Bertz CT molecular complexity index is 1790. The van der Waals surface area contributed by atoms with E-state index in [-0.39, 0.29) is 48.2 Å². The van der Waals surface area contributed by atoms with Gasteiger partial charge in [-0.15, -0.1) is 0 Å². The molecule has 1 aliphatic carbocycles. The average molecular weight is 681 g/mol. The number of nitrogens with zero attached hydrogens (tertiary/aromatic N) is 2. The van der Waals surface area contributed by atoms with Crippen molar-refractivity contribution in [3.8, 4) is 0 Å². The smallest absolute Gasteiger partial charge is 0.270 e. The standard InChI is InChI=1S/C38H50N6O5/c1-38(2,3)43-37(49)32-20-26-14-7-8-15-27(26)22-44(32)23-33(45)30(19-24-11-5-4-6-12-24)41-36(48)31(21-34(39)46)42-35(47)29-18-17-25-13-9-10-16-28(25)40-29/h4-6,9-13,16-18,26-27,30-33,45H,7-8,14-15,19-23H2,1-3H3,(H2,39,46)(H,41,48)(H,42,47)(H,43,49)/t26-,27+,30-,31-,32-,33+/m0/s1/i9+1D,10+1,13+1,16+1D,18D,25+1,28+1,40+1. The number of amides is 4. The Morgan fingerprint density at radius 3 is 2.47 bits per heavy atom. The Balaban J connectivity index is 1.38. The molecule has 0 bridgehead atoms. The Morgan fingerprint density at radius 2 is 1.76 bits per heavy atom. The largest absolute Gasteiger partial charge is 0.390 e. The van der Waals surface area contributed by atoms with E-state index >= 15 is 0 Å². The Morgan fingerprint density at radius 1 is 1.02 bits per heavy atom. The molecule has 49 heavy (non-hydrogen) atoms. The summed E-state index contributed by atoms with van der Waals surface area (Å²) in [6.07, 6.45) is 3.61. The van der Waals surface area contributed by atoms with Gasteiger partial charge in [0.05, 0.1) is 34.2 Å². The van der Waals surface area contributed by atoms with Crippen LogP contribution in [0.5, 0.6) is 0 Å². The minimum atomic E-state index is -1.47. The number of benzene rings is 2. The van der Waals surface area contributed by atoms with Crippen LogP contribution in [0.1, 0.15) is 79.5 Å². The number of β-amino-alcohol motifs (C(OH)–C–C–N with tert-alkyl or cyclic N) is 1. The minimum Gasteiger partial charge on any atom is -0.390 e. The highest BCUT2D eigenvalue weighted by molar-refractivity contribution is 5.99. The minimum absolute atomic E-state index is 0.0588. The van der Waals surface area contributed by atoms with E-state index in [2.05, 4.69) is 20.9 Å². The molecule has 262 valence electrons. The van der Waals surface area contributed by atoms with Crippen LogP contribution in [-0.2, 0) is 20.8 Å². The van der Waals surface area contributed by atoms with Gasteiger partial charge in [-0.05, 0) is 69.5 Å². The van der Waals surface area contributed by atoms with E-state index < -0.39 is 53.9 Å². The molecule has 0 unspecified atom stereocenters. The molecule has 0 spiro atoms. The van der Waals surface area contributed by atoms with E-state index in [0.29, 0.717) is 30.2 Å². The predicted octanol–water partition coefficient (Wildman–Crippen LogP) is 3.09. The maximum Gasteiger partial charge on any atom is 0.270 e. The third-order valence-corrected chi connectivity index (χ3v) is 9.45. The number of pyridine rings is 1. The van der Waals surface area contributed by atoms with Crippen molar-refractivity contribution in [1.82, 2.24) is 25.8 Å². The third-order valence-electron chi connectivity index (χ3n) is 9.45. The lowest BCUT2D eigenvalue weighted by Gasteiger charge is -2.47. The molecule has 0 radical (unpaired) electrons. The van der Waals surface area contributed by atoms with Crippen molar-refractivity contribution in [3.63, 3.8) is 0 Å². The van der Waals surface area contributed by atoms with E-state index in [0.717, 1.165) is 31.2 Å². The molecule has 6 N–H and O–H groups in total. The van der Waals surface area contributed by atoms with Crippen LogP contribution < -0.4 is 21.7 Å². The number of aromatic nitrogens is 1. The van der Waals surface area contributed by atoms with Gasteiger partial charge in [0, 0.05) is 24.0 Å². The van der Waals surface area contributed by atoms with Gasteiger partial charge in [-0.1, -0.05) is 73.8 Å². The molecule has 1 aliphatic heterocycles. The third kappa shape index (κ3) is 9.86. The van der Waals surface area contributed by atoms with E-state index in [1.165, 1.54) is 18.2 Å². The first-order valence-electron chi connectivity index (χ1n) is 18.6. The second-order valence-electron chi connectivity index (χ2n) is 14.5. The molecule has 6 atom stereocenters. The van der Waals surface area contributed by atoms with Gasteiger partial charge in [-0.2, -0.15) is 0 Å². The molecule has 11 heteroatoms. The van der Waals surface area contributed by atoms with E-state index in [1.54, 1.807) is 0 Å². The van der Waals surface area contributed by atoms with Crippen molar-refractivity contribution in [2.75, 3.05) is 13.1 Å². The Hall–Kier alpha value is -4.35. The van der Waals surface area contributed by atoms with Crippen LogP contribution in [0.3, 0.4) is 0 Å². The van der Waals surface area contributed by atoms with Gasteiger partial charge in [0.1, 0.15) is 11.7 Å². The van der Waals surface area contributed by atoms with E-state index in [9.17, 15) is 24.3 Å². The van der Waals surface area contributed by atoms with Crippen molar-refractivity contribution < 1.29 is 28.4 Å². The second kappa shape index (κ2) is 15.9. The molecule has 11 nitrogen and oxygen atoms in total. The normalized spacial score (nSPS) is 22.4. The molecule has 3 aromatic rings. The van der Waals surface area contributed by atoms with Crippen molar-refractivity contribution in [1.29, 1.82) is 0 Å². The number of para-hydroxylation sites is 1. The summed E-state index contributed by atoms with van der Waals surface area (Å²) < 4.78 is 24.4. The number of rotatable bonds is 12. The molecule has 1 saturated heterocycles. The zero-order valence-electron chi connectivity index (χ0n) is 31.5.